The zero-order valence-corrected chi connectivity index (χ0v) is 9.04. The minimum atomic E-state index is -0.631. The fourth-order valence-corrected chi connectivity index (χ4v) is 1.39. The molecule has 0 unspecified atom stereocenters. The Morgan fingerprint density at radius 2 is 2.20 bits per heavy atom. The second-order valence-electron chi connectivity index (χ2n) is 2.92. The van der Waals surface area contributed by atoms with E-state index < -0.39 is 11.6 Å². The van der Waals surface area contributed by atoms with Gasteiger partial charge in [-0.1, -0.05) is 0 Å². The number of thioether (sulfide) groups is 1. The van der Waals surface area contributed by atoms with Crippen molar-refractivity contribution in [2.75, 3.05) is 17.3 Å². The lowest BCUT2D eigenvalue weighted by atomic mass is 10.3. The summed E-state index contributed by atoms with van der Waals surface area (Å²) in [6.45, 7) is 0. The summed E-state index contributed by atoms with van der Waals surface area (Å²) in [5.41, 5.74) is -0.110. The van der Waals surface area contributed by atoms with Crippen LogP contribution in [0.5, 0.6) is 0 Å². The molecule has 2 nitrogen and oxygen atoms in total. The van der Waals surface area contributed by atoms with Gasteiger partial charge in [-0.15, -0.1) is 0 Å². The molecule has 0 bridgehead atoms. The fourth-order valence-electron chi connectivity index (χ4n) is 1.00. The standard InChI is InChI=1S/C10H11F2NOS/c1-15-5-4-10(14)13-9-6-7(11)2-3-8(9)12/h2-3,6H,4-5H2,1H3,(H,13,14). The van der Waals surface area contributed by atoms with Gasteiger partial charge in [0.05, 0.1) is 5.69 Å². The lowest BCUT2D eigenvalue weighted by Crippen LogP contribution is -2.13. The summed E-state index contributed by atoms with van der Waals surface area (Å²) < 4.78 is 25.8. The van der Waals surface area contributed by atoms with Crippen molar-refractivity contribution < 1.29 is 13.6 Å². The number of carbonyl (C=O) groups is 1. The van der Waals surface area contributed by atoms with Gasteiger partial charge in [0.15, 0.2) is 0 Å². The third-order valence-electron chi connectivity index (χ3n) is 1.74. The number of amides is 1. The first kappa shape index (κ1) is 12.0. The largest absolute Gasteiger partial charge is 0.323 e. The Balaban J connectivity index is 2.63. The number of rotatable bonds is 4. The quantitative estimate of drug-likeness (QED) is 0.863. The third-order valence-corrected chi connectivity index (χ3v) is 2.35. The third kappa shape index (κ3) is 3.87. The van der Waals surface area contributed by atoms with Crippen LogP contribution in [0.1, 0.15) is 6.42 Å². The van der Waals surface area contributed by atoms with Crippen molar-refractivity contribution in [1.82, 2.24) is 0 Å². The van der Waals surface area contributed by atoms with Crippen LogP contribution in [0.3, 0.4) is 0 Å². The molecule has 1 aromatic carbocycles. The molecule has 15 heavy (non-hydrogen) atoms. The van der Waals surface area contributed by atoms with Gasteiger partial charge in [0, 0.05) is 18.2 Å². The number of carbonyl (C=O) groups excluding carboxylic acids is 1. The molecule has 0 aliphatic heterocycles. The number of benzene rings is 1. The van der Waals surface area contributed by atoms with E-state index in [0.717, 1.165) is 18.2 Å². The molecule has 0 aromatic heterocycles. The minimum Gasteiger partial charge on any atom is -0.323 e. The van der Waals surface area contributed by atoms with Gasteiger partial charge >= 0.3 is 0 Å². The highest BCUT2D eigenvalue weighted by molar-refractivity contribution is 7.98. The van der Waals surface area contributed by atoms with Crippen LogP contribution in [0.2, 0.25) is 0 Å². The zero-order chi connectivity index (χ0) is 11.3. The lowest BCUT2D eigenvalue weighted by Gasteiger charge is -2.05. The van der Waals surface area contributed by atoms with Crippen LogP contribution < -0.4 is 5.32 Å². The Kier molecular flexibility index (Phi) is 4.55. The predicted octanol–water partition coefficient (Wildman–Crippen LogP) is 2.66. The topological polar surface area (TPSA) is 29.1 Å². The lowest BCUT2D eigenvalue weighted by molar-refractivity contribution is -0.115. The molecule has 0 saturated heterocycles. The first-order valence-corrected chi connectivity index (χ1v) is 5.76. The first-order valence-electron chi connectivity index (χ1n) is 4.37. The molecular weight excluding hydrogens is 220 g/mol. The fraction of sp³-hybridized carbons (Fsp3) is 0.300. The van der Waals surface area contributed by atoms with Crippen molar-refractivity contribution in [2.24, 2.45) is 0 Å². The maximum atomic E-state index is 13.1. The molecule has 1 rings (SSSR count). The van der Waals surface area contributed by atoms with Crippen molar-refractivity contribution in [3.05, 3.63) is 29.8 Å². The van der Waals surface area contributed by atoms with Crippen molar-refractivity contribution in [2.45, 2.75) is 6.42 Å². The Morgan fingerprint density at radius 3 is 2.87 bits per heavy atom. The average molecular weight is 231 g/mol. The van der Waals surface area contributed by atoms with Crippen molar-refractivity contribution in [3.63, 3.8) is 0 Å². The average Bonchev–Trinajstić information content (AvgIpc) is 2.20. The SMILES string of the molecule is CSCCC(=O)Nc1cc(F)ccc1F. The number of nitrogens with one attached hydrogen (secondary N) is 1. The van der Waals surface area contributed by atoms with Crippen LogP contribution in [0.15, 0.2) is 18.2 Å². The van der Waals surface area contributed by atoms with Gasteiger partial charge in [0.1, 0.15) is 11.6 Å². The molecular formula is C10H11F2NOS. The summed E-state index contributed by atoms with van der Waals surface area (Å²) in [6.07, 6.45) is 2.16. The number of halogens is 2. The maximum Gasteiger partial charge on any atom is 0.225 e. The molecule has 0 aliphatic rings. The summed E-state index contributed by atoms with van der Waals surface area (Å²) in [6, 6.07) is 2.96. The second kappa shape index (κ2) is 5.70. The van der Waals surface area contributed by atoms with E-state index in [9.17, 15) is 13.6 Å². The summed E-state index contributed by atoms with van der Waals surface area (Å²) >= 11 is 1.52. The number of hydrogen-bond donors (Lipinski definition) is 1. The van der Waals surface area contributed by atoms with Gasteiger partial charge in [-0.2, -0.15) is 11.8 Å². The molecule has 5 heteroatoms. The minimum absolute atomic E-state index is 0.110. The highest BCUT2D eigenvalue weighted by Gasteiger charge is 2.07. The molecule has 0 aliphatic carbocycles. The molecule has 0 saturated carbocycles. The zero-order valence-electron chi connectivity index (χ0n) is 8.22. The monoisotopic (exact) mass is 231 g/mol. The normalized spacial score (nSPS) is 10.1. The van der Waals surface area contributed by atoms with Gasteiger partial charge in [-0.3, -0.25) is 4.79 Å². The smallest absolute Gasteiger partial charge is 0.225 e. The van der Waals surface area contributed by atoms with Gasteiger partial charge < -0.3 is 5.32 Å². The second-order valence-corrected chi connectivity index (χ2v) is 3.90. The van der Waals surface area contributed by atoms with Crippen molar-refractivity contribution >= 4 is 23.4 Å². The highest BCUT2D eigenvalue weighted by atomic mass is 32.2. The Morgan fingerprint density at radius 1 is 1.47 bits per heavy atom. The van der Waals surface area contributed by atoms with E-state index in [4.69, 9.17) is 0 Å². The highest BCUT2D eigenvalue weighted by Crippen LogP contribution is 2.15. The molecule has 1 aromatic rings. The van der Waals surface area contributed by atoms with E-state index in [2.05, 4.69) is 5.32 Å². The number of hydrogen-bond acceptors (Lipinski definition) is 2. The predicted molar refractivity (Wildman–Crippen MR) is 58.0 cm³/mol. The molecule has 82 valence electrons. The van der Waals surface area contributed by atoms with E-state index in [-0.39, 0.29) is 18.0 Å². The van der Waals surface area contributed by atoms with Gasteiger partial charge in [-0.25, -0.2) is 8.78 Å². The van der Waals surface area contributed by atoms with Crippen LogP contribution in [0.25, 0.3) is 0 Å². The maximum absolute atomic E-state index is 13.1. The van der Waals surface area contributed by atoms with Crippen molar-refractivity contribution in [3.8, 4) is 0 Å². The number of anilines is 1. The van der Waals surface area contributed by atoms with Crippen LogP contribution in [-0.2, 0) is 4.79 Å². The Bertz CT molecular complexity index is 357. The van der Waals surface area contributed by atoms with E-state index in [1.165, 1.54) is 11.8 Å². The van der Waals surface area contributed by atoms with Gasteiger partial charge in [-0.05, 0) is 18.4 Å². The van der Waals surface area contributed by atoms with E-state index in [1.807, 2.05) is 6.26 Å². The molecule has 0 atom stereocenters. The molecule has 1 N–H and O–H groups in total. The van der Waals surface area contributed by atoms with E-state index in [0.29, 0.717) is 5.75 Å². The van der Waals surface area contributed by atoms with E-state index >= 15 is 0 Å². The summed E-state index contributed by atoms with van der Waals surface area (Å²) in [5.74, 6) is -0.859. The van der Waals surface area contributed by atoms with Crippen LogP contribution in [0, 0.1) is 11.6 Å². The van der Waals surface area contributed by atoms with Crippen LogP contribution in [-0.4, -0.2) is 17.9 Å². The van der Waals surface area contributed by atoms with E-state index in [1.54, 1.807) is 0 Å². The molecule has 0 spiro atoms. The summed E-state index contributed by atoms with van der Waals surface area (Å²) in [5, 5.41) is 2.32. The molecule has 0 fully saturated rings. The van der Waals surface area contributed by atoms with Gasteiger partial charge in [0.25, 0.3) is 0 Å². The van der Waals surface area contributed by atoms with Crippen LogP contribution in [0.4, 0.5) is 14.5 Å². The summed E-state index contributed by atoms with van der Waals surface area (Å²) in [4.78, 5) is 11.2. The van der Waals surface area contributed by atoms with Gasteiger partial charge in [0.2, 0.25) is 5.91 Å². The first-order chi connectivity index (χ1) is 7.13. The van der Waals surface area contributed by atoms with Crippen LogP contribution >= 0.6 is 11.8 Å². The Labute approximate surface area is 91.1 Å². The Hall–Kier alpha value is -1.10. The molecule has 1 amide bonds. The summed E-state index contributed by atoms with van der Waals surface area (Å²) in [7, 11) is 0. The van der Waals surface area contributed by atoms with Crippen molar-refractivity contribution in [1.29, 1.82) is 0 Å². The molecule has 0 heterocycles. The molecule has 0 radical (unpaired) electrons.